The van der Waals surface area contributed by atoms with Crippen LogP contribution in [0.15, 0.2) is 109 Å². The van der Waals surface area contributed by atoms with E-state index in [0.717, 1.165) is 122 Å². The molecule has 11 nitrogen and oxygen atoms in total. The van der Waals surface area contributed by atoms with Crippen LogP contribution in [0.5, 0.6) is 0 Å². The van der Waals surface area contributed by atoms with Gasteiger partial charge in [-0.15, -0.1) is 0 Å². The van der Waals surface area contributed by atoms with E-state index in [0.29, 0.717) is 19.3 Å². The van der Waals surface area contributed by atoms with Gasteiger partial charge in [0.1, 0.15) is 12.7 Å². The molecule has 0 radical (unpaired) electrons. The highest BCUT2D eigenvalue weighted by Crippen LogP contribution is 2.43. The maximum atomic E-state index is 13.0. The highest BCUT2D eigenvalue weighted by Gasteiger charge is 2.28. The van der Waals surface area contributed by atoms with E-state index in [4.69, 9.17) is 23.3 Å². The number of unbranched alkanes of at least 4 members (excludes halogenated alkanes) is 23. The third-order valence-corrected chi connectivity index (χ3v) is 14.1. The third kappa shape index (κ3) is 58.8. The van der Waals surface area contributed by atoms with Gasteiger partial charge in [-0.3, -0.25) is 23.4 Å². The number of allylic oxidation sites excluding steroid dienone is 18. The van der Waals surface area contributed by atoms with E-state index in [2.05, 4.69) is 130 Å². The number of ether oxygens (including phenoxy) is 3. The van der Waals surface area contributed by atoms with Crippen LogP contribution in [-0.4, -0.2) is 66.5 Å². The van der Waals surface area contributed by atoms with Crippen molar-refractivity contribution in [3.05, 3.63) is 109 Å². The van der Waals surface area contributed by atoms with E-state index in [1.165, 1.54) is 83.5 Å². The van der Waals surface area contributed by atoms with Crippen molar-refractivity contribution in [2.45, 2.75) is 277 Å². The fraction of sp³-hybridized carbons (Fsp3) is 0.691. The van der Waals surface area contributed by atoms with Crippen molar-refractivity contribution >= 4 is 25.7 Å². The van der Waals surface area contributed by atoms with Gasteiger partial charge in [-0.25, -0.2) is 4.57 Å². The first-order chi connectivity index (χ1) is 39.2. The van der Waals surface area contributed by atoms with Gasteiger partial charge >= 0.3 is 25.7 Å². The van der Waals surface area contributed by atoms with Crippen LogP contribution in [-0.2, 0) is 42.2 Å². The number of esters is 3. The molecule has 0 bridgehead atoms. The Labute approximate surface area is 488 Å². The Morgan fingerprint density at radius 2 is 0.650 bits per heavy atom. The molecule has 0 saturated carbocycles. The van der Waals surface area contributed by atoms with E-state index in [9.17, 15) is 28.9 Å². The summed E-state index contributed by atoms with van der Waals surface area (Å²) < 4.78 is 39.6. The van der Waals surface area contributed by atoms with E-state index in [1.54, 1.807) is 0 Å². The molecule has 0 rings (SSSR count). The fourth-order valence-corrected chi connectivity index (χ4v) is 9.18. The van der Waals surface area contributed by atoms with E-state index in [-0.39, 0.29) is 25.9 Å². The molecular formula is C68H115O11P. The molecule has 80 heavy (non-hydrogen) atoms. The topological polar surface area (TPSA) is 155 Å². The molecule has 0 heterocycles. The Hall–Kier alpha value is -3.86. The van der Waals surface area contributed by atoms with Crippen molar-refractivity contribution in [2.75, 3.05) is 26.4 Å². The highest BCUT2D eigenvalue weighted by molar-refractivity contribution is 7.47. The molecule has 12 heteroatoms. The van der Waals surface area contributed by atoms with Gasteiger partial charge in [0.25, 0.3) is 0 Å². The maximum Gasteiger partial charge on any atom is 0.472 e. The number of phosphoric acid groups is 1. The molecule has 0 aliphatic heterocycles. The maximum absolute atomic E-state index is 13.0. The van der Waals surface area contributed by atoms with Gasteiger partial charge in [-0.05, 0) is 122 Å². The quantitative estimate of drug-likeness (QED) is 0.0197. The first-order valence-corrected chi connectivity index (χ1v) is 33.3. The predicted octanol–water partition coefficient (Wildman–Crippen LogP) is 19.4. The van der Waals surface area contributed by atoms with Crippen LogP contribution >= 0.6 is 7.82 Å². The zero-order valence-electron chi connectivity index (χ0n) is 50.8. The zero-order valence-corrected chi connectivity index (χ0v) is 51.7. The van der Waals surface area contributed by atoms with E-state index in [1.807, 2.05) is 0 Å². The first kappa shape index (κ1) is 76.1. The lowest BCUT2D eigenvalue weighted by Crippen LogP contribution is -2.30. The summed E-state index contributed by atoms with van der Waals surface area (Å²) in [4.78, 5) is 48.7. The van der Waals surface area contributed by atoms with E-state index >= 15 is 0 Å². The Morgan fingerprint density at radius 3 is 1.01 bits per heavy atom. The third-order valence-electron chi connectivity index (χ3n) is 13.2. The van der Waals surface area contributed by atoms with Crippen LogP contribution in [0.1, 0.15) is 265 Å². The zero-order chi connectivity index (χ0) is 58.3. The summed E-state index contributed by atoms with van der Waals surface area (Å²) in [5.41, 5.74) is 0. The van der Waals surface area contributed by atoms with Crippen molar-refractivity contribution in [3.8, 4) is 0 Å². The molecule has 0 aromatic heterocycles. The molecule has 0 aromatic rings. The summed E-state index contributed by atoms with van der Waals surface area (Å²) in [6.45, 7) is 4.38. The highest BCUT2D eigenvalue weighted by atomic mass is 31.2. The van der Waals surface area contributed by atoms with Crippen molar-refractivity contribution in [1.29, 1.82) is 0 Å². The number of phosphoric ester groups is 1. The molecule has 2 N–H and O–H groups in total. The average Bonchev–Trinajstić information content (AvgIpc) is 3.45. The lowest BCUT2D eigenvalue weighted by atomic mass is 10.1. The lowest BCUT2D eigenvalue weighted by molar-refractivity contribution is -0.161. The minimum atomic E-state index is -4.77. The number of carbonyl (C=O) groups is 3. The van der Waals surface area contributed by atoms with Crippen LogP contribution in [0.2, 0.25) is 0 Å². The van der Waals surface area contributed by atoms with Crippen molar-refractivity contribution in [1.82, 2.24) is 0 Å². The van der Waals surface area contributed by atoms with Crippen LogP contribution < -0.4 is 0 Å². The van der Waals surface area contributed by atoms with Crippen molar-refractivity contribution in [3.63, 3.8) is 0 Å². The fourth-order valence-electron chi connectivity index (χ4n) is 8.39. The summed E-state index contributed by atoms with van der Waals surface area (Å²) in [7, 11) is -4.77. The molecular weight excluding hydrogens is 1020 g/mol. The predicted molar refractivity (Wildman–Crippen MR) is 334 cm³/mol. The lowest BCUT2D eigenvalue weighted by Gasteiger charge is -2.21. The second-order valence-electron chi connectivity index (χ2n) is 20.8. The molecule has 0 saturated heterocycles. The second kappa shape index (κ2) is 61.2. The summed E-state index contributed by atoms with van der Waals surface area (Å²) >= 11 is 0. The largest absolute Gasteiger partial charge is 0.472 e. The average molecular weight is 1140 g/mol. The van der Waals surface area contributed by atoms with E-state index < -0.39 is 57.8 Å². The molecule has 3 unspecified atom stereocenters. The minimum Gasteiger partial charge on any atom is -0.462 e. The molecule has 3 atom stereocenters. The number of hydrogen-bond donors (Lipinski definition) is 2. The number of hydrogen-bond acceptors (Lipinski definition) is 10. The molecule has 0 aromatic carbocycles. The number of aliphatic hydroxyl groups excluding tert-OH is 1. The van der Waals surface area contributed by atoms with Crippen LogP contribution in [0.3, 0.4) is 0 Å². The van der Waals surface area contributed by atoms with Gasteiger partial charge in [0.05, 0.1) is 19.8 Å². The summed E-state index contributed by atoms with van der Waals surface area (Å²) in [6.07, 6.45) is 74.7. The number of carbonyl (C=O) groups excluding carboxylic acids is 3. The van der Waals surface area contributed by atoms with Gasteiger partial charge in [-0.1, -0.05) is 233 Å². The summed E-state index contributed by atoms with van der Waals surface area (Å²) in [5, 5.41) is 9.85. The van der Waals surface area contributed by atoms with Crippen molar-refractivity contribution < 1.29 is 52.2 Å². The van der Waals surface area contributed by atoms with Gasteiger partial charge in [0, 0.05) is 19.3 Å². The Morgan fingerprint density at radius 1 is 0.362 bits per heavy atom. The van der Waals surface area contributed by atoms with Crippen LogP contribution in [0.25, 0.3) is 0 Å². The second-order valence-corrected chi connectivity index (χ2v) is 22.3. The Balaban J connectivity index is 4.77. The molecule has 0 spiro atoms. The molecule has 0 aliphatic rings. The standard InChI is InChI=1S/C68H115O11P/c1-4-7-10-13-16-19-22-25-28-31-32-35-36-39-42-45-48-51-54-57-66(70)75-61-65(79-68(72)59-56-53-50-47-44-41-38-34-30-27-24-21-18-15-12-9-6-3)63-77-80(73,74)76-62-64(60-69)78-67(71)58-55-52-49-46-43-40-37-33-29-26-23-20-17-14-11-8-5-2/h8-9,11-12,17-18,20-21,25-30,37-38,40-41,64-65,69H,4-7,10,13-16,19,22-24,31-36,39,42-63H2,1-3H3,(H,73,74)/b11-8-,12-9-,20-17-,21-18-,28-25-,29-26-,30-27-,40-37-,41-38-. The normalized spacial score (nSPS) is 14.0. The first-order valence-electron chi connectivity index (χ1n) is 31.8. The van der Waals surface area contributed by atoms with Gasteiger partial charge in [-0.2, -0.15) is 0 Å². The van der Waals surface area contributed by atoms with Crippen LogP contribution in [0.4, 0.5) is 0 Å². The monoisotopic (exact) mass is 1140 g/mol. The molecule has 0 amide bonds. The Bertz CT molecular complexity index is 1760. The molecule has 458 valence electrons. The number of rotatable bonds is 58. The van der Waals surface area contributed by atoms with Gasteiger partial charge in [0.15, 0.2) is 6.10 Å². The number of aliphatic hydroxyl groups is 1. The SMILES string of the molecule is CC/C=C\C/C=C\C/C=C\C/C=C\CCCCCCC(=O)OC(CO)COP(=O)(O)OCC(COC(=O)CCCCCCCCCCC/C=C\CCCCCCCC)OC(=O)CCCCCC/C=C\C/C=C\C/C=C\C/C=C\CC. The smallest absolute Gasteiger partial charge is 0.462 e. The Kier molecular flexibility index (Phi) is 58.3. The van der Waals surface area contributed by atoms with Crippen LogP contribution in [0, 0.1) is 0 Å². The summed E-state index contributed by atoms with van der Waals surface area (Å²) in [6, 6.07) is 0. The molecule has 0 fully saturated rings. The van der Waals surface area contributed by atoms with Gasteiger partial charge in [0.2, 0.25) is 0 Å². The molecule has 0 aliphatic carbocycles. The van der Waals surface area contributed by atoms with Gasteiger partial charge < -0.3 is 24.2 Å². The summed E-state index contributed by atoms with van der Waals surface area (Å²) in [5.74, 6) is -1.52. The minimum absolute atomic E-state index is 0.133. The van der Waals surface area contributed by atoms with Crippen molar-refractivity contribution in [2.24, 2.45) is 0 Å².